The van der Waals surface area contributed by atoms with Gasteiger partial charge in [-0.05, 0) is 6.92 Å². The highest BCUT2D eigenvalue weighted by Gasteiger charge is 2.20. The smallest absolute Gasteiger partial charge is 0.0594 e. The molecule has 1 unspecified atom stereocenters. The molecule has 2 rings (SSSR count). The summed E-state index contributed by atoms with van der Waals surface area (Å²) in [4.78, 5) is 2.48. The average Bonchev–Trinajstić information content (AvgIpc) is 2.13. The molecule has 0 bridgehead atoms. The molecule has 0 aromatic carbocycles. The van der Waals surface area contributed by atoms with E-state index in [4.69, 9.17) is 4.74 Å². The van der Waals surface area contributed by atoms with E-state index in [0.29, 0.717) is 12.1 Å². The van der Waals surface area contributed by atoms with Crippen LogP contribution in [0.4, 0.5) is 0 Å². The summed E-state index contributed by atoms with van der Waals surface area (Å²) >= 11 is 0. The van der Waals surface area contributed by atoms with Crippen LogP contribution in [-0.2, 0) is 4.74 Å². The maximum atomic E-state index is 5.32. The lowest BCUT2D eigenvalue weighted by molar-refractivity contribution is 0.0334. The molecule has 0 radical (unpaired) electrons. The maximum Gasteiger partial charge on any atom is 0.0594 e. The van der Waals surface area contributed by atoms with Gasteiger partial charge in [0.15, 0.2) is 0 Å². The first-order valence-electron chi connectivity index (χ1n) is 5.61. The Bertz CT molecular complexity index is 167. The van der Waals surface area contributed by atoms with Crippen LogP contribution in [0.25, 0.3) is 0 Å². The third-order valence-electron chi connectivity index (χ3n) is 2.94. The molecule has 0 amide bonds. The summed E-state index contributed by atoms with van der Waals surface area (Å²) < 4.78 is 5.32. The minimum Gasteiger partial charge on any atom is -0.379 e. The van der Waals surface area contributed by atoms with Gasteiger partial charge in [-0.3, -0.25) is 4.90 Å². The van der Waals surface area contributed by atoms with Crippen molar-refractivity contribution in [2.24, 2.45) is 0 Å². The van der Waals surface area contributed by atoms with E-state index in [1.54, 1.807) is 0 Å². The van der Waals surface area contributed by atoms with Crippen molar-refractivity contribution in [3.05, 3.63) is 0 Å². The highest BCUT2D eigenvalue weighted by atomic mass is 16.5. The van der Waals surface area contributed by atoms with Crippen LogP contribution in [0.15, 0.2) is 0 Å². The number of ether oxygens (including phenoxy) is 1. The van der Waals surface area contributed by atoms with E-state index in [9.17, 15) is 0 Å². The monoisotopic (exact) mass is 199 g/mol. The lowest BCUT2D eigenvalue weighted by Gasteiger charge is -2.34. The average molecular weight is 199 g/mol. The molecular weight excluding hydrogens is 178 g/mol. The van der Waals surface area contributed by atoms with Gasteiger partial charge in [0.25, 0.3) is 0 Å². The number of nitrogens with one attached hydrogen (secondary N) is 2. The number of hydrogen-bond donors (Lipinski definition) is 2. The summed E-state index contributed by atoms with van der Waals surface area (Å²) in [5.74, 6) is 0. The van der Waals surface area contributed by atoms with Gasteiger partial charge in [-0.25, -0.2) is 0 Å². The molecular formula is C10H21N3O. The van der Waals surface area contributed by atoms with E-state index in [0.717, 1.165) is 45.9 Å². The number of nitrogens with zero attached hydrogens (tertiary/aromatic N) is 1. The highest BCUT2D eigenvalue weighted by Crippen LogP contribution is 2.00. The Hall–Kier alpha value is -0.160. The SMILES string of the molecule is CC(CN1CCOCC1)NC1CNC1. The molecule has 4 nitrogen and oxygen atoms in total. The molecule has 0 aromatic rings. The quantitative estimate of drug-likeness (QED) is 0.626. The van der Waals surface area contributed by atoms with Gasteiger partial charge in [0.05, 0.1) is 13.2 Å². The second-order valence-electron chi connectivity index (χ2n) is 4.34. The number of hydrogen-bond acceptors (Lipinski definition) is 4. The van der Waals surface area contributed by atoms with Gasteiger partial charge in [-0.15, -0.1) is 0 Å². The van der Waals surface area contributed by atoms with Gasteiger partial charge < -0.3 is 15.4 Å². The molecule has 2 aliphatic rings. The molecule has 2 aliphatic heterocycles. The predicted molar refractivity (Wildman–Crippen MR) is 56.5 cm³/mol. The van der Waals surface area contributed by atoms with Gasteiger partial charge in [0, 0.05) is 44.8 Å². The second kappa shape index (κ2) is 5.07. The second-order valence-corrected chi connectivity index (χ2v) is 4.34. The van der Waals surface area contributed by atoms with Crippen molar-refractivity contribution < 1.29 is 4.74 Å². The molecule has 2 saturated heterocycles. The third kappa shape index (κ3) is 2.92. The van der Waals surface area contributed by atoms with Gasteiger partial charge in [-0.2, -0.15) is 0 Å². The zero-order valence-corrected chi connectivity index (χ0v) is 8.96. The summed E-state index contributed by atoms with van der Waals surface area (Å²) in [7, 11) is 0. The third-order valence-corrected chi connectivity index (χ3v) is 2.94. The Morgan fingerprint density at radius 3 is 2.71 bits per heavy atom. The van der Waals surface area contributed by atoms with E-state index in [1.807, 2.05) is 0 Å². The fourth-order valence-corrected chi connectivity index (χ4v) is 2.03. The molecule has 2 fully saturated rings. The van der Waals surface area contributed by atoms with Crippen molar-refractivity contribution in [1.29, 1.82) is 0 Å². The first kappa shape index (κ1) is 10.4. The van der Waals surface area contributed by atoms with Crippen LogP contribution in [-0.4, -0.2) is 62.9 Å². The van der Waals surface area contributed by atoms with Crippen molar-refractivity contribution >= 4 is 0 Å². The van der Waals surface area contributed by atoms with E-state index in [2.05, 4.69) is 22.5 Å². The van der Waals surface area contributed by atoms with E-state index < -0.39 is 0 Å². The Balaban J connectivity index is 1.62. The van der Waals surface area contributed by atoms with Crippen LogP contribution in [0.5, 0.6) is 0 Å². The molecule has 14 heavy (non-hydrogen) atoms. The van der Waals surface area contributed by atoms with Crippen molar-refractivity contribution in [2.45, 2.75) is 19.0 Å². The summed E-state index contributed by atoms with van der Waals surface area (Å²) in [5.41, 5.74) is 0. The summed E-state index contributed by atoms with van der Waals surface area (Å²) in [6.07, 6.45) is 0. The van der Waals surface area contributed by atoms with Crippen LogP contribution in [0, 0.1) is 0 Å². The largest absolute Gasteiger partial charge is 0.379 e. The van der Waals surface area contributed by atoms with Crippen molar-refractivity contribution in [3.8, 4) is 0 Å². The molecule has 4 heteroatoms. The van der Waals surface area contributed by atoms with Crippen molar-refractivity contribution in [3.63, 3.8) is 0 Å². The first-order chi connectivity index (χ1) is 6.84. The minimum atomic E-state index is 0.597. The Labute approximate surface area is 86.0 Å². The minimum absolute atomic E-state index is 0.597. The van der Waals surface area contributed by atoms with E-state index >= 15 is 0 Å². The van der Waals surface area contributed by atoms with Gasteiger partial charge in [0.2, 0.25) is 0 Å². The highest BCUT2D eigenvalue weighted by molar-refractivity contribution is 4.84. The van der Waals surface area contributed by atoms with E-state index in [1.165, 1.54) is 0 Å². The van der Waals surface area contributed by atoms with Crippen LogP contribution < -0.4 is 10.6 Å². The van der Waals surface area contributed by atoms with Crippen molar-refractivity contribution in [2.75, 3.05) is 45.9 Å². The lowest BCUT2D eigenvalue weighted by atomic mass is 10.1. The summed E-state index contributed by atoms with van der Waals surface area (Å²) in [5, 5.41) is 6.89. The molecule has 0 aromatic heterocycles. The standard InChI is InChI=1S/C10H21N3O/c1-9(12-10-6-11-7-10)8-13-2-4-14-5-3-13/h9-12H,2-8H2,1H3. The first-order valence-corrected chi connectivity index (χ1v) is 5.61. The Morgan fingerprint density at radius 1 is 1.43 bits per heavy atom. The molecule has 1 atom stereocenters. The molecule has 2 N–H and O–H groups in total. The topological polar surface area (TPSA) is 36.5 Å². The fourth-order valence-electron chi connectivity index (χ4n) is 2.03. The fraction of sp³-hybridized carbons (Fsp3) is 1.00. The van der Waals surface area contributed by atoms with Crippen LogP contribution in [0.1, 0.15) is 6.92 Å². The zero-order chi connectivity index (χ0) is 9.80. The maximum absolute atomic E-state index is 5.32. The van der Waals surface area contributed by atoms with Crippen LogP contribution in [0.2, 0.25) is 0 Å². The normalized spacial score (nSPS) is 27.2. The molecule has 2 heterocycles. The zero-order valence-electron chi connectivity index (χ0n) is 8.96. The molecule has 0 aliphatic carbocycles. The van der Waals surface area contributed by atoms with Crippen LogP contribution in [0.3, 0.4) is 0 Å². The molecule has 0 spiro atoms. The Morgan fingerprint density at radius 2 is 2.14 bits per heavy atom. The van der Waals surface area contributed by atoms with Crippen LogP contribution >= 0.6 is 0 Å². The number of rotatable bonds is 4. The van der Waals surface area contributed by atoms with Gasteiger partial charge >= 0.3 is 0 Å². The number of morpholine rings is 1. The lowest BCUT2D eigenvalue weighted by Crippen LogP contribution is -2.59. The van der Waals surface area contributed by atoms with E-state index in [-0.39, 0.29) is 0 Å². The van der Waals surface area contributed by atoms with Crippen molar-refractivity contribution in [1.82, 2.24) is 15.5 Å². The van der Waals surface area contributed by atoms with Gasteiger partial charge in [-0.1, -0.05) is 0 Å². The summed E-state index contributed by atoms with van der Waals surface area (Å²) in [6, 6.07) is 1.30. The molecule has 82 valence electrons. The predicted octanol–water partition coefficient (Wildman–Crippen LogP) is -0.731. The summed E-state index contributed by atoms with van der Waals surface area (Å²) in [6.45, 7) is 9.67. The van der Waals surface area contributed by atoms with Gasteiger partial charge in [0.1, 0.15) is 0 Å². The Kier molecular flexibility index (Phi) is 3.75. The molecule has 0 saturated carbocycles.